The molecule has 0 spiro atoms. The van der Waals surface area contributed by atoms with Crippen molar-refractivity contribution >= 4 is 6.08 Å². The normalized spacial score (nSPS) is 13.3. The van der Waals surface area contributed by atoms with E-state index in [1.807, 2.05) is 54.6 Å². The van der Waals surface area contributed by atoms with Gasteiger partial charge in [0.15, 0.2) is 0 Å². The first-order valence-electron chi connectivity index (χ1n) is 7.91. The molecule has 2 nitrogen and oxygen atoms in total. The first-order valence-corrected chi connectivity index (χ1v) is 7.91. The van der Waals surface area contributed by atoms with Crippen molar-refractivity contribution in [2.24, 2.45) is 0 Å². The van der Waals surface area contributed by atoms with E-state index in [2.05, 4.69) is 36.4 Å². The van der Waals surface area contributed by atoms with Gasteiger partial charge in [0, 0.05) is 7.11 Å². The zero-order chi connectivity index (χ0) is 17.2. The summed E-state index contributed by atoms with van der Waals surface area (Å²) in [5.41, 5.74) is 3.18. The van der Waals surface area contributed by atoms with E-state index in [1.165, 1.54) is 11.1 Å². The summed E-state index contributed by atoms with van der Waals surface area (Å²) >= 11 is 0. The Balaban J connectivity index is 0.000000295. The minimum Gasteiger partial charge on any atom is -0.875 e. The Morgan fingerprint density at radius 2 is 1.64 bits per heavy atom. The summed E-state index contributed by atoms with van der Waals surface area (Å²) in [4.78, 5) is 0. The van der Waals surface area contributed by atoms with Gasteiger partial charge in [-0.3, -0.25) is 0 Å². The van der Waals surface area contributed by atoms with Crippen LogP contribution in [0.1, 0.15) is 24.2 Å². The van der Waals surface area contributed by atoms with Crippen LogP contribution in [0, 0.1) is 0 Å². The molecule has 0 aromatic heterocycles. The van der Waals surface area contributed by atoms with Gasteiger partial charge >= 0.3 is 17.1 Å². The summed E-state index contributed by atoms with van der Waals surface area (Å²) in [7, 11) is 1.73. The van der Waals surface area contributed by atoms with Gasteiger partial charge in [0.25, 0.3) is 0 Å². The van der Waals surface area contributed by atoms with Gasteiger partial charge in [-0.2, -0.15) is 12.1 Å². The van der Waals surface area contributed by atoms with Crippen molar-refractivity contribution in [3.8, 4) is 0 Å². The molecule has 1 unspecified atom stereocenters. The number of rotatable bonds is 4. The third-order valence-electron chi connectivity index (χ3n) is 3.60. The topological polar surface area (TPSA) is 32.3 Å². The SMILES string of the molecule is CC([O-])=C1C=CC=C1.COC(C=C[c-]1cccc1)c1ccccc1.[Fe+2]. The Bertz CT molecular complexity index is 705. The molecule has 1 aliphatic carbocycles. The summed E-state index contributed by atoms with van der Waals surface area (Å²) in [5, 5.41) is 10.5. The van der Waals surface area contributed by atoms with Crippen molar-refractivity contribution in [2.75, 3.05) is 7.11 Å². The molecule has 1 atom stereocenters. The largest absolute Gasteiger partial charge is 2.00 e. The number of benzene rings is 1. The van der Waals surface area contributed by atoms with E-state index in [0.29, 0.717) is 0 Å². The smallest absolute Gasteiger partial charge is 0.875 e. The second-order valence-electron chi connectivity index (χ2n) is 5.37. The zero-order valence-corrected chi connectivity index (χ0v) is 15.5. The molecule has 25 heavy (non-hydrogen) atoms. The Labute approximate surface area is 160 Å². The Kier molecular flexibility index (Phi) is 9.49. The van der Waals surface area contributed by atoms with Crippen LogP contribution >= 0.6 is 0 Å². The summed E-state index contributed by atoms with van der Waals surface area (Å²) in [6.07, 6.45) is 11.5. The van der Waals surface area contributed by atoms with Crippen LogP contribution in [-0.2, 0) is 21.8 Å². The third kappa shape index (κ3) is 7.06. The third-order valence-corrected chi connectivity index (χ3v) is 3.60. The second-order valence-corrected chi connectivity index (χ2v) is 5.37. The molecule has 0 bridgehead atoms. The molecule has 0 heterocycles. The number of allylic oxidation sites excluding steroid dienone is 6. The Morgan fingerprint density at radius 3 is 2.12 bits per heavy atom. The average Bonchev–Trinajstić information content (AvgIpc) is 3.31. The molecule has 1 aliphatic rings. The van der Waals surface area contributed by atoms with Crippen molar-refractivity contribution in [1.29, 1.82) is 0 Å². The number of methoxy groups -OCH3 is 1. The van der Waals surface area contributed by atoms with Crippen LogP contribution in [-0.4, -0.2) is 7.11 Å². The summed E-state index contributed by atoms with van der Waals surface area (Å²) in [6, 6.07) is 18.4. The Hall–Kier alpha value is -2.19. The van der Waals surface area contributed by atoms with Gasteiger partial charge in [-0.1, -0.05) is 61.6 Å². The maximum Gasteiger partial charge on any atom is 2.00 e. The molecule has 3 rings (SSSR count). The first-order chi connectivity index (χ1) is 11.7. The molecule has 130 valence electrons. The quantitative estimate of drug-likeness (QED) is 0.447. The van der Waals surface area contributed by atoms with Crippen molar-refractivity contribution in [1.82, 2.24) is 0 Å². The second kappa shape index (κ2) is 11.4. The summed E-state index contributed by atoms with van der Waals surface area (Å²) in [6.45, 7) is 1.56. The fourth-order valence-electron chi connectivity index (χ4n) is 2.28. The minimum absolute atomic E-state index is 0. The van der Waals surface area contributed by atoms with Gasteiger partial charge in [0.05, 0.1) is 6.10 Å². The maximum atomic E-state index is 10.5. The molecule has 0 aliphatic heterocycles. The van der Waals surface area contributed by atoms with E-state index in [4.69, 9.17) is 4.74 Å². The van der Waals surface area contributed by atoms with E-state index in [-0.39, 0.29) is 28.9 Å². The van der Waals surface area contributed by atoms with Crippen LogP contribution < -0.4 is 5.11 Å². The van der Waals surface area contributed by atoms with Crippen LogP contribution in [0.4, 0.5) is 0 Å². The van der Waals surface area contributed by atoms with E-state index in [9.17, 15) is 5.11 Å². The molecule has 0 fully saturated rings. The van der Waals surface area contributed by atoms with Gasteiger partial charge in [-0.15, -0.1) is 35.6 Å². The van der Waals surface area contributed by atoms with Gasteiger partial charge in [0.2, 0.25) is 0 Å². The summed E-state index contributed by atoms with van der Waals surface area (Å²) < 4.78 is 5.45. The fraction of sp³-hybridized carbons (Fsp3) is 0.136. The Morgan fingerprint density at radius 1 is 1.04 bits per heavy atom. The average molecular weight is 374 g/mol. The van der Waals surface area contributed by atoms with Gasteiger partial charge < -0.3 is 9.84 Å². The predicted molar refractivity (Wildman–Crippen MR) is 98.2 cm³/mol. The fourth-order valence-corrected chi connectivity index (χ4v) is 2.28. The number of hydrogen-bond donors (Lipinski definition) is 0. The van der Waals surface area contributed by atoms with Crippen LogP contribution in [0.2, 0.25) is 0 Å². The molecule has 0 radical (unpaired) electrons. The standard InChI is InChI=1S/C15H15O.C7H8O.Fe/c1-16-15(14-9-3-2-4-10-14)12-11-13-7-5-6-8-13;1-6(8)7-4-2-3-5-7;/h2-12,15H,1H3;2-5,8H,1H3;/q-1;;+2/p-1. The van der Waals surface area contributed by atoms with E-state index in [1.54, 1.807) is 14.0 Å². The van der Waals surface area contributed by atoms with E-state index in [0.717, 1.165) is 5.57 Å². The van der Waals surface area contributed by atoms with Gasteiger partial charge in [0.1, 0.15) is 0 Å². The van der Waals surface area contributed by atoms with E-state index < -0.39 is 0 Å². The van der Waals surface area contributed by atoms with Crippen molar-refractivity contribution < 1.29 is 26.9 Å². The first kappa shape index (κ1) is 20.9. The molecule has 0 amide bonds. The molecule has 2 aromatic rings. The zero-order valence-electron chi connectivity index (χ0n) is 14.4. The van der Waals surface area contributed by atoms with E-state index >= 15 is 0 Å². The van der Waals surface area contributed by atoms with Gasteiger partial charge in [-0.05, 0) is 11.1 Å². The molecular weight excluding hydrogens is 352 g/mol. The molecule has 2 aromatic carbocycles. The van der Waals surface area contributed by atoms with Crippen molar-refractivity contribution in [2.45, 2.75) is 13.0 Å². The summed E-state index contributed by atoms with van der Waals surface area (Å²) in [5.74, 6) is 0.134. The molecule has 3 heteroatoms. The minimum atomic E-state index is 0. The van der Waals surface area contributed by atoms with Crippen LogP contribution in [0.15, 0.2) is 96.3 Å². The molecule has 0 N–H and O–H groups in total. The van der Waals surface area contributed by atoms with Crippen molar-refractivity contribution in [3.05, 3.63) is 107 Å². The van der Waals surface area contributed by atoms with Crippen molar-refractivity contribution in [3.63, 3.8) is 0 Å². The molecule has 0 saturated carbocycles. The van der Waals surface area contributed by atoms with Gasteiger partial charge in [-0.25, -0.2) is 0 Å². The predicted octanol–water partition coefficient (Wildman–Crippen LogP) is 4.55. The monoisotopic (exact) mass is 374 g/mol. The number of ether oxygens (including phenoxy) is 1. The maximum absolute atomic E-state index is 10.5. The van der Waals surface area contributed by atoms with Crippen LogP contribution in [0.5, 0.6) is 0 Å². The molecule has 0 saturated heterocycles. The number of hydrogen-bond acceptors (Lipinski definition) is 2. The molecular formula is C22H22FeO2. The van der Waals surface area contributed by atoms with Crippen LogP contribution in [0.3, 0.4) is 0 Å². The van der Waals surface area contributed by atoms with Crippen LogP contribution in [0.25, 0.3) is 6.08 Å².